The third-order valence-corrected chi connectivity index (χ3v) is 5.95. The molecule has 0 fully saturated rings. The maximum absolute atomic E-state index is 13.6. The highest BCUT2D eigenvalue weighted by atomic mass is 79.9. The van der Waals surface area contributed by atoms with Crippen LogP contribution in [0.25, 0.3) is 10.9 Å². The lowest BCUT2D eigenvalue weighted by Gasteiger charge is -2.16. The van der Waals surface area contributed by atoms with Gasteiger partial charge in [0, 0.05) is 41.8 Å². The average molecular weight is 537 g/mol. The number of aromatic nitrogens is 2. The monoisotopic (exact) mass is 536 g/mol. The van der Waals surface area contributed by atoms with E-state index in [1.807, 2.05) is 63.2 Å². The molecule has 0 bridgehead atoms. The molecule has 0 atom stereocenters. The Hall–Kier alpha value is -3.52. The number of anilines is 1. The predicted molar refractivity (Wildman–Crippen MR) is 142 cm³/mol. The Labute approximate surface area is 211 Å². The van der Waals surface area contributed by atoms with Crippen LogP contribution in [0.15, 0.2) is 75.0 Å². The minimum absolute atomic E-state index is 0.0206. The highest BCUT2D eigenvalue weighted by Gasteiger charge is 2.14. The van der Waals surface area contributed by atoms with Crippen molar-refractivity contribution in [2.75, 3.05) is 19.0 Å². The first-order chi connectivity index (χ1) is 16.7. The Morgan fingerprint density at radius 1 is 1.14 bits per heavy atom. The molecular formula is C27H26BrFN4O2. The number of benzene rings is 3. The summed E-state index contributed by atoms with van der Waals surface area (Å²) in [6.07, 6.45) is 1.60. The largest absolute Gasteiger partial charge is 0.488 e. The summed E-state index contributed by atoms with van der Waals surface area (Å²) in [7, 11) is 3.87. The molecule has 4 rings (SSSR count). The van der Waals surface area contributed by atoms with E-state index in [0.29, 0.717) is 33.6 Å². The Morgan fingerprint density at radius 3 is 2.66 bits per heavy atom. The van der Waals surface area contributed by atoms with Gasteiger partial charge in [-0.2, -0.15) is 9.78 Å². The van der Waals surface area contributed by atoms with Crippen LogP contribution in [-0.4, -0.2) is 30.0 Å². The smallest absolute Gasteiger partial charge is 0.282 e. The van der Waals surface area contributed by atoms with Crippen LogP contribution in [0, 0.1) is 5.82 Å². The zero-order valence-corrected chi connectivity index (χ0v) is 21.6. The SMILES string of the molecule is CC(C)c1nc2ccc(Br)cc2c(=O)n1N=Cc1ccc(N(C)C)cc1OCc1cccc(F)c1. The molecule has 0 saturated heterocycles. The number of hydrogen-bond donors (Lipinski definition) is 0. The van der Waals surface area contributed by atoms with Crippen molar-refractivity contribution in [1.82, 2.24) is 9.66 Å². The van der Waals surface area contributed by atoms with Gasteiger partial charge < -0.3 is 9.64 Å². The highest BCUT2D eigenvalue weighted by molar-refractivity contribution is 9.10. The van der Waals surface area contributed by atoms with Crippen LogP contribution in [0.1, 0.15) is 36.7 Å². The molecule has 0 N–H and O–H groups in total. The standard InChI is InChI=1S/C27H26BrFN4O2/c1-17(2)26-31-24-11-9-20(28)13-23(24)27(34)33(26)30-15-19-8-10-22(32(3)4)14-25(19)35-16-18-6-5-7-21(29)12-18/h5-15,17H,16H2,1-4H3. The highest BCUT2D eigenvalue weighted by Crippen LogP contribution is 2.25. The van der Waals surface area contributed by atoms with E-state index < -0.39 is 0 Å². The number of ether oxygens (including phenoxy) is 1. The molecule has 0 aliphatic rings. The van der Waals surface area contributed by atoms with Crippen molar-refractivity contribution in [1.29, 1.82) is 0 Å². The molecule has 35 heavy (non-hydrogen) atoms. The van der Waals surface area contributed by atoms with E-state index in [0.717, 1.165) is 10.2 Å². The van der Waals surface area contributed by atoms with E-state index in [4.69, 9.17) is 4.74 Å². The van der Waals surface area contributed by atoms with E-state index >= 15 is 0 Å². The van der Waals surface area contributed by atoms with Crippen LogP contribution >= 0.6 is 15.9 Å². The molecule has 0 aliphatic heterocycles. The maximum atomic E-state index is 13.6. The first-order valence-electron chi connectivity index (χ1n) is 11.2. The molecule has 0 aliphatic carbocycles. The van der Waals surface area contributed by atoms with E-state index in [2.05, 4.69) is 26.0 Å². The van der Waals surface area contributed by atoms with Gasteiger partial charge in [0.15, 0.2) is 0 Å². The van der Waals surface area contributed by atoms with Crippen molar-refractivity contribution in [3.8, 4) is 5.75 Å². The minimum Gasteiger partial charge on any atom is -0.488 e. The molecule has 3 aromatic carbocycles. The predicted octanol–water partition coefficient (Wildman–Crippen LogP) is 5.95. The van der Waals surface area contributed by atoms with Crippen molar-refractivity contribution >= 4 is 38.7 Å². The molecular weight excluding hydrogens is 511 g/mol. The number of rotatable bonds is 7. The fourth-order valence-corrected chi connectivity index (χ4v) is 3.95. The molecule has 0 radical (unpaired) electrons. The van der Waals surface area contributed by atoms with Gasteiger partial charge in [0.05, 0.1) is 17.1 Å². The van der Waals surface area contributed by atoms with Gasteiger partial charge in [-0.05, 0) is 48.0 Å². The number of hydrogen-bond acceptors (Lipinski definition) is 5. The second-order valence-electron chi connectivity index (χ2n) is 8.68. The lowest BCUT2D eigenvalue weighted by Crippen LogP contribution is -2.23. The van der Waals surface area contributed by atoms with E-state index in [1.165, 1.54) is 16.8 Å². The van der Waals surface area contributed by atoms with Gasteiger partial charge in [0.25, 0.3) is 5.56 Å². The van der Waals surface area contributed by atoms with Crippen LogP contribution in [0.3, 0.4) is 0 Å². The Bertz CT molecular complexity index is 1460. The summed E-state index contributed by atoms with van der Waals surface area (Å²) in [4.78, 5) is 20.0. The van der Waals surface area contributed by atoms with Crippen LogP contribution in [0.5, 0.6) is 5.75 Å². The molecule has 0 amide bonds. The quantitative estimate of drug-likeness (QED) is 0.274. The second kappa shape index (κ2) is 10.4. The summed E-state index contributed by atoms with van der Waals surface area (Å²) in [5.41, 5.74) is 2.72. The summed E-state index contributed by atoms with van der Waals surface area (Å²) in [5.74, 6) is 0.798. The minimum atomic E-state index is -0.314. The van der Waals surface area contributed by atoms with Crippen LogP contribution in [0.4, 0.5) is 10.1 Å². The summed E-state index contributed by atoms with van der Waals surface area (Å²) in [5, 5.41) is 5.01. The summed E-state index contributed by atoms with van der Waals surface area (Å²) >= 11 is 3.42. The van der Waals surface area contributed by atoms with Gasteiger partial charge in [-0.15, -0.1) is 0 Å². The van der Waals surface area contributed by atoms with Gasteiger partial charge in [0.2, 0.25) is 0 Å². The first-order valence-corrected chi connectivity index (χ1v) is 12.0. The summed E-state index contributed by atoms with van der Waals surface area (Å²) < 4.78 is 21.8. The number of nitrogens with zero attached hydrogens (tertiary/aromatic N) is 4. The third-order valence-electron chi connectivity index (χ3n) is 5.46. The Balaban J connectivity index is 1.75. The molecule has 0 saturated carbocycles. The fraction of sp³-hybridized carbons (Fsp3) is 0.222. The van der Waals surface area contributed by atoms with Gasteiger partial charge in [-0.3, -0.25) is 4.79 Å². The van der Waals surface area contributed by atoms with Gasteiger partial charge >= 0.3 is 0 Å². The van der Waals surface area contributed by atoms with Crippen LogP contribution in [0.2, 0.25) is 0 Å². The van der Waals surface area contributed by atoms with Gasteiger partial charge in [-0.1, -0.05) is 41.9 Å². The third kappa shape index (κ3) is 5.59. The molecule has 4 aromatic rings. The zero-order valence-electron chi connectivity index (χ0n) is 20.0. The van der Waals surface area contributed by atoms with Gasteiger partial charge in [-0.25, -0.2) is 9.37 Å². The average Bonchev–Trinajstić information content (AvgIpc) is 2.82. The lowest BCUT2D eigenvalue weighted by molar-refractivity contribution is 0.305. The molecule has 0 unspecified atom stereocenters. The fourth-order valence-electron chi connectivity index (χ4n) is 3.59. The van der Waals surface area contributed by atoms with Crippen molar-refractivity contribution in [2.24, 2.45) is 5.10 Å². The summed E-state index contributed by atoms with van der Waals surface area (Å²) in [6, 6.07) is 17.4. The Kier molecular flexibility index (Phi) is 7.31. The van der Waals surface area contributed by atoms with E-state index in [-0.39, 0.29) is 23.9 Å². The molecule has 180 valence electrons. The zero-order chi connectivity index (χ0) is 25.1. The van der Waals surface area contributed by atoms with Crippen molar-refractivity contribution in [3.05, 3.63) is 98.3 Å². The molecule has 1 aromatic heterocycles. The topological polar surface area (TPSA) is 59.7 Å². The van der Waals surface area contributed by atoms with Crippen molar-refractivity contribution < 1.29 is 9.13 Å². The molecule has 6 nitrogen and oxygen atoms in total. The van der Waals surface area contributed by atoms with Crippen molar-refractivity contribution in [2.45, 2.75) is 26.4 Å². The normalized spacial score (nSPS) is 11.5. The number of halogens is 2. The lowest BCUT2D eigenvalue weighted by atomic mass is 10.1. The molecule has 8 heteroatoms. The van der Waals surface area contributed by atoms with Crippen LogP contribution < -0.4 is 15.2 Å². The van der Waals surface area contributed by atoms with E-state index in [1.54, 1.807) is 24.4 Å². The summed E-state index contributed by atoms with van der Waals surface area (Å²) in [6.45, 7) is 4.13. The Morgan fingerprint density at radius 2 is 1.94 bits per heavy atom. The maximum Gasteiger partial charge on any atom is 0.282 e. The van der Waals surface area contributed by atoms with Gasteiger partial charge in [0.1, 0.15) is 24.0 Å². The first kappa shape index (κ1) is 24.6. The second-order valence-corrected chi connectivity index (χ2v) is 9.60. The van der Waals surface area contributed by atoms with Crippen LogP contribution in [-0.2, 0) is 6.61 Å². The number of fused-ring (bicyclic) bond motifs is 1. The molecule has 0 spiro atoms. The van der Waals surface area contributed by atoms with E-state index in [9.17, 15) is 9.18 Å². The molecule has 1 heterocycles. The van der Waals surface area contributed by atoms with Crippen molar-refractivity contribution in [3.63, 3.8) is 0 Å².